The number of nitrogens with zero attached hydrogens (tertiary/aromatic N) is 4. The van der Waals surface area contributed by atoms with Crippen molar-refractivity contribution in [1.29, 1.82) is 0 Å². The topological polar surface area (TPSA) is 111 Å². The van der Waals surface area contributed by atoms with Crippen LogP contribution in [0.5, 0.6) is 11.6 Å². The molecule has 2 aliphatic heterocycles. The number of sulfonamides is 1. The van der Waals surface area contributed by atoms with Crippen LogP contribution in [-0.2, 0) is 24.0 Å². The predicted octanol–water partition coefficient (Wildman–Crippen LogP) is 5.48. The molecule has 3 aromatic rings. The van der Waals surface area contributed by atoms with Crippen LogP contribution in [0.15, 0.2) is 53.6 Å². The van der Waals surface area contributed by atoms with E-state index in [1.807, 2.05) is 17.0 Å². The lowest BCUT2D eigenvalue weighted by Gasteiger charge is -2.49. The van der Waals surface area contributed by atoms with Crippen LogP contribution in [0.2, 0.25) is 18.1 Å². The molecule has 0 spiro atoms. The van der Waals surface area contributed by atoms with Gasteiger partial charge < -0.3 is 23.5 Å². The second kappa shape index (κ2) is 14.3. The van der Waals surface area contributed by atoms with Crippen molar-refractivity contribution >= 4 is 35.7 Å². The van der Waals surface area contributed by atoms with E-state index in [0.717, 1.165) is 5.69 Å². The first-order valence-corrected chi connectivity index (χ1v) is 20.7. The minimum Gasteiger partial charge on any atom is -0.497 e. The van der Waals surface area contributed by atoms with E-state index in [1.165, 1.54) is 30.7 Å². The van der Waals surface area contributed by atoms with E-state index in [9.17, 15) is 17.6 Å². The van der Waals surface area contributed by atoms with Gasteiger partial charge in [0.1, 0.15) is 23.1 Å². The summed E-state index contributed by atoms with van der Waals surface area (Å²) in [4.78, 5) is 20.6. The highest BCUT2D eigenvalue weighted by Gasteiger charge is 2.42. The van der Waals surface area contributed by atoms with Crippen molar-refractivity contribution in [3.63, 3.8) is 0 Å². The molecule has 0 saturated carbocycles. The number of benzene rings is 2. The number of piperazine rings is 1. The maximum absolute atomic E-state index is 14.8. The Kier molecular flexibility index (Phi) is 10.6. The lowest BCUT2D eigenvalue weighted by molar-refractivity contribution is -0.142. The number of carbonyl (C=O) groups is 1. The number of carbonyl (C=O) groups excluding carboxylic acids is 1. The Bertz CT molecular complexity index is 1800. The lowest BCUT2D eigenvalue weighted by Crippen LogP contribution is -2.61. The van der Waals surface area contributed by atoms with E-state index in [-0.39, 0.29) is 47.5 Å². The Labute approximate surface area is 290 Å². The van der Waals surface area contributed by atoms with E-state index in [4.69, 9.17) is 18.6 Å². The molecule has 11 nitrogen and oxygen atoms in total. The van der Waals surface area contributed by atoms with Crippen LogP contribution in [0.4, 0.5) is 15.8 Å². The third-order valence-electron chi connectivity index (χ3n) is 9.63. The fourth-order valence-electron chi connectivity index (χ4n) is 5.89. The normalized spacial score (nSPS) is 17.0. The number of pyridine rings is 1. The van der Waals surface area contributed by atoms with Crippen LogP contribution < -0.4 is 18.7 Å². The number of methoxy groups -OCH3 is 2. The summed E-state index contributed by atoms with van der Waals surface area (Å²) in [6, 6.07) is 11.2. The quantitative estimate of drug-likeness (QED) is 0.144. The van der Waals surface area contributed by atoms with E-state index < -0.39 is 24.2 Å². The Morgan fingerprint density at radius 1 is 1.00 bits per heavy atom. The molecule has 0 bridgehead atoms. The van der Waals surface area contributed by atoms with Gasteiger partial charge in [0.2, 0.25) is 5.88 Å². The number of esters is 1. The number of rotatable bonds is 11. The van der Waals surface area contributed by atoms with E-state index in [0.29, 0.717) is 54.4 Å². The summed E-state index contributed by atoms with van der Waals surface area (Å²) >= 11 is 0. The van der Waals surface area contributed by atoms with Crippen LogP contribution >= 0.6 is 0 Å². The molecule has 1 fully saturated rings. The van der Waals surface area contributed by atoms with Gasteiger partial charge in [-0.2, -0.15) is 0 Å². The van der Waals surface area contributed by atoms with Gasteiger partial charge in [0, 0.05) is 31.9 Å². The van der Waals surface area contributed by atoms with Gasteiger partial charge in [-0.25, -0.2) is 17.8 Å². The van der Waals surface area contributed by atoms with E-state index >= 15 is 0 Å². The maximum atomic E-state index is 14.8. The van der Waals surface area contributed by atoms with Crippen LogP contribution in [0.25, 0.3) is 11.1 Å². The summed E-state index contributed by atoms with van der Waals surface area (Å²) in [5.74, 6) is -0.475. The van der Waals surface area contributed by atoms with Crippen molar-refractivity contribution in [2.24, 2.45) is 0 Å². The third-order valence-corrected chi connectivity index (χ3v) is 15.9. The first kappa shape index (κ1) is 36.6. The van der Waals surface area contributed by atoms with Crippen LogP contribution in [0.3, 0.4) is 0 Å². The molecule has 2 aliphatic rings. The molecule has 0 unspecified atom stereocenters. The van der Waals surface area contributed by atoms with Crippen molar-refractivity contribution in [3.05, 3.63) is 60.0 Å². The standard InChI is InChI=1S/C35H47FN4O7SSi/c1-24-15-32(34(37-20-24)46-13-14-47-49(7,8)35(2,3)4)48(42,43)40-22-28-21-38(23-33(41)45-6)11-12-39(28)30-10-9-25(18-31(30)40)26-16-27(36)19-29(17-26)44-5/h9-10,15-20,28H,11-14,21-23H2,1-8H3/t28-/m0/s1. The molecule has 0 radical (unpaired) electrons. The predicted molar refractivity (Wildman–Crippen MR) is 190 cm³/mol. The summed E-state index contributed by atoms with van der Waals surface area (Å²) < 4.78 is 68.1. The second-order valence-corrected chi connectivity index (χ2v) is 20.7. The van der Waals surface area contributed by atoms with Crippen molar-refractivity contribution in [2.75, 3.05) is 69.4 Å². The van der Waals surface area contributed by atoms with Crippen molar-refractivity contribution < 1.29 is 36.2 Å². The molecule has 1 saturated heterocycles. The Morgan fingerprint density at radius 2 is 1.76 bits per heavy atom. The Morgan fingerprint density at radius 3 is 2.45 bits per heavy atom. The molecule has 49 heavy (non-hydrogen) atoms. The van der Waals surface area contributed by atoms with Crippen LogP contribution in [-0.4, -0.2) is 98.8 Å². The van der Waals surface area contributed by atoms with Gasteiger partial charge in [-0.05, 0) is 72.1 Å². The van der Waals surface area contributed by atoms with Crippen LogP contribution in [0.1, 0.15) is 26.3 Å². The minimum absolute atomic E-state index is 0.00426. The minimum atomic E-state index is -4.25. The first-order valence-electron chi connectivity index (χ1n) is 16.3. The molecule has 14 heteroatoms. The number of anilines is 2. The highest BCUT2D eigenvalue weighted by molar-refractivity contribution is 7.93. The number of aromatic nitrogens is 1. The number of ether oxygens (including phenoxy) is 3. The smallest absolute Gasteiger partial charge is 0.319 e. The molecule has 2 aromatic carbocycles. The van der Waals surface area contributed by atoms with Crippen LogP contribution in [0, 0.1) is 12.7 Å². The zero-order valence-electron chi connectivity index (χ0n) is 29.6. The van der Waals surface area contributed by atoms with Gasteiger partial charge in [-0.1, -0.05) is 26.8 Å². The van der Waals surface area contributed by atoms with Gasteiger partial charge in [0.05, 0.1) is 51.3 Å². The van der Waals surface area contributed by atoms with Gasteiger partial charge in [-0.3, -0.25) is 14.0 Å². The maximum Gasteiger partial charge on any atom is 0.319 e. The number of hydrogen-bond donors (Lipinski definition) is 0. The lowest BCUT2D eigenvalue weighted by atomic mass is 10.00. The molecular weight excluding hydrogens is 668 g/mol. The number of fused-ring (bicyclic) bond motifs is 3. The SMILES string of the molecule is COC(=O)CN1CCN2c3ccc(-c4cc(F)cc(OC)c4)cc3N(S(=O)(=O)c3cc(C)cnc3OCCO[Si](C)(C)C(C)(C)C)C[C@@H]2C1. The summed E-state index contributed by atoms with van der Waals surface area (Å²) in [6.45, 7) is 14.8. The zero-order valence-corrected chi connectivity index (χ0v) is 31.4. The summed E-state index contributed by atoms with van der Waals surface area (Å²) in [6.07, 6.45) is 1.58. The molecule has 0 amide bonds. The molecular formula is C35H47FN4O7SSi. The van der Waals surface area contributed by atoms with Gasteiger partial charge in [-0.15, -0.1) is 0 Å². The highest BCUT2D eigenvalue weighted by atomic mass is 32.2. The fourth-order valence-corrected chi connectivity index (χ4v) is 8.59. The van der Waals surface area contributed by atoms with Gasteiger partial charge >= 0.3 is 5.97 Å². The molecule has 1 aromatic heterocycles. The Balaban J connectivity index is 1.54. The number of aryl methyl sites for hydroxylation is 1. The van der Waals surface area contributed by atoms with Crippen molar-refractivity contribution in [1.82, 2.24) is 9.88 Å². The third kappa shape index (κ3) is 7.87. The zero-order chi connectivity index (χ0) is 35.7. The molecule has 266 valence electrons. The largest absolute Gasteiger partial charge is 0.497 e. The first-order chi connectivity index (χ1) is 23.0. The molecule has 3 heterocycles. The second-order valence-electron chi connectivity index (χ2n) is 14.1. The van der Waals surface area contributed by atoms with Crippen molar-refractivity contribution in [3.8, 4) is 22.8 Å². The monoisotopic (exact) mass is 714 g/mol. The molecule has 5 rings (SSSR count). The van der Waals surface area contributed by atoms with E-state index in [1.54, 1.807) is 31.3 Å². The summed E-state index contributed by atoms with van der Waals surface area (Å²) in [5.41, 5.74) is 3.00. The average molecular weight is 715 g/mol. The molecule has 0 aliphatic carbocycles. The molecule has 0 N–H and O–H groups in total. The average Bonchev–Trinajstić information content (AvgIpc) is 3.05. The highest BCUT2D eigenvalue weighted by Crippen LogP contribution is 2.43. The number of hydrogen-bond acceptors (Lipinski definition) is 10. The molecule has 1 atom stereocenters. The van der Waals surface area contributed by atoms with Gasteiger partial charge in [0.15, 0.2) is 8.32 Å². The summed E-state index contributed by atoms with van der Waals surface area (Å²) in [7, 11) is -3.48. The summed E-state index contributed by atoms with van der Waals surface area (Å²) in [5, 5.41) is 0.0141. The van der Waals surface area contributed by atoms with Crippen molar-refractivity contribution in [2.45, 2.75) is 56.8 Å². The van der Waals surface area contributed by atoms with E-state index in [2.05, 4.69) is 43.7 Å². The van der Waals surface area contributed by atoms with Gasteiger partial charge in [0.25, 0.3) is 10.0 Å². The number of halogens is 1. The Hall–Kier alpha value is -3.72. The fraction of sp³-hybridized carbons (Fsp3) is 0.486.